The lowest BCUT2D eigenvalue weighted by molar-refractivity contribution is -0.121. The quantitative estimate of drug-likeness (QED) is 0.757. The van der Waals surface area contributed by atoms with E-state index in [0.29, 0.717) is 12.5 Å². The number of hydrogen-bond donors (Lipinski definition) is 2. The first-order valence-electron chi connectivity index (χ1n) is 6.48. The molecule has 114 valence electrons. The van der Waals surface area contributed by atoms with Crippen molar-refractivity contribution in [2.24, 2.45) is 5.92 Å². The number of nitriles is 1. The van der Waals surface area contributed by atoms with Crippen molar-refractivity contribution in [3.05, 3.63) is 24.0 Å². The lowest BCUT2D eigenvalue weighted by atomic mass is 10.2. The molecule has 0 aromatic carbocycles. The van der Waals surface area contributed by atoms with Crippen LogP contribution in [-0.4, -0.2) is 32.4 Å². The summed E-state index contributed by atoms with van der Waals surface area (Å²) in [6, 6.07) is 4.46. The number of sulfonamides is 1. The fourth-order valence-corrected chi connectivity index (χ4v) is 2.61. The van der Waals surface area contributed by atoms with Gasteiger partial charge in [0, 0.05) is 25.7 Å². The summed E-state index contributed by atoms with van der Waals surface area (Å²) in [6.07, 6.45) is 1.38. The number of aromatic nitrogens is 1. The molecule has 0 aliphatic carbocycles. The maximum absolute atomic E-state index is 12.0. The molecule has 0 spiro atoms. The normalized spacial score (nSPS) is 11.1. The van der Waals surface area contributed by atoms with E-state index in [2.05, 4.69) is 15.0 Å². The zero-order chi connectivity index (χ0) is 15.9. The van der Waals surface area contributed by atoms with Crippen LogP contribution in [0.1, 0.15) is 26.0 Å². The molecule has 0 fully saturated rings. The average molecular weight is 310 g/mol. The molecule has 8 heteroatoms. The molecule has 2 N–H and O–H groups in total. The Bertz CT molecular complexity index is 635. The smallest absolute Gasteiger partial charge is 0.243 e. The van der Waals surface area contributed by atoms with Crippen LogP contribution in [0, 0.1) is 17.2 Å². The van der Waals surface area contributed by atoms with Crippen LogP contribution in [0.15, 0.2) is 23.2 Å². The Labute approximate surface area is 124 Å². The molecule has 0 atom stereocenters. The van der Waals surface area contributed by atoms with Crippen molar-refractivity contribution in [3.63, 3.8) is 0 Å². The summed E-state index contributed by atoms with van der Waals surface area (Å²) in [5.74, 6) is 0.109. The van der Waals surface area contributed by atoms with Gasteiger partial charge in [-0.2, -0.15) is 5.26 Å². The predicted molar refractivity (Wildman–Crippen MR) is 76.6 cm³/mol. The van der Waals surface area contributed by atoms with Crippen molar-refractivity contribution < 1.29 is 13.2 Å². The lowest BCUT2D eigenvalue weighted by Gasteiger charge is -2.09. The first-order valence-corrected chi connectivity index (χ1v) is 7.96. The van der Waals surface area contributed by atoms with Crippen LogP contribution >= 0.6 is 0 Å². The molecular formula is C13H18N4O3S. The Morgan fingerprint density at radius 1 is 1.48 bits per heavy atom. The average Bonchev–Trinajstić information content (AvgIpc) is 2.44. The van der Waals surface area contributed by atoms with E-state index in [9.17, 15) is 13.2 Å². The molecule has 0 saturated carbocycles. The summed E-state index contributed by atoms with van der Waals surface area (Å²) >= 11 is 0. The van der Waals surface area contributed by atoms with Gasteiger partial charge in [-0.15, -0.1) is 0 Å². The van der Waals surface area contributed by atoms with Crippen LogP contribution in [0.3, 0.4) is 0 Å². The molecule has 1 rings (SSSR count). The lowest BCUT2D eigenvalue weighted by Crippen LogP contribution is -2.32. The van der Waals surface area contributed by atoms with E-state index in [0.717, 1.165) is 0 Å². The van der Waals surface area contributed by atoms with Gasteiger partial charge in [-0.3, -0.25) is 4.79 Å². The maximum atomic E-state index is 12.0. The van der Waals surface area contributed by atoms with Gasteiger partial charge in [0.2, 0.25) is 15.9 Å². The van der Waals surface area contributed by atoms with E-state index in [4.69, 9.17) is 5.26 Å². The first-order chi connectivity index (χ1) is 9.86. The topological polar surface area (TPSA) is 112 Å². The Kier molecular flexibility index (Phi) is 6.27. The fourth-order valence-electron chi connectivity index (χ4n) is 1.47. The van der Waals surface area contributed by atoms with Gasteiger partial charge in [-0.05, 0) is 18.1 Å². The second kappa shape index (κ2) is 7.71. The van der Waals surface area contributed by atoms with Crippen LogP contribution in [-0.2, 0) is 14.8 Å². The van der Waals surface area contributed by atoms with Gasteiger partial charge in [-0.25, -0.2) is 18.1 Å². The summed E-state index contributed by atoms with van der Waals surface area (Å²) in [5.41, 5.74) is -0.172. The van der Waals surface area contributed by atoms with Gasteiger partial charge in [0.1, 0.15) is 11.0 Å². The number of hydrogen-bond acceptors (Lipinski definition) is 5. The molecule has 0 aliphatic rings. The Morgan fingerprint density at radius 3 is 2.81 bits per heavy atom. The van der Waals surface area contributed by atoms with Gasteiger partial charge in [0.15, 0.2) is 5.69 Å². The van der Waals surface area contributed by atoms with Crippen LogP contribution < -0.4 is 10.0 Å². The van der Waals surface area contributed by atoms with Crippen LogP contribution in [0.25, 0.3) is 0 Å². The van der Waals surface area contributed by atoms with Crippen molar-refractivity contribution >= 4 is 15.9 Å². The molecule has 0 saturated heterocycles. The molecule has 0 aliphatic heterocycles. The van der Waals surface area contributed by atoms with Crippen molar-refractivity contribution in [2.75, 3.05) is 13.1 Å². The van der Waals surface area contributed by atoms with Gasteiger partial charge >= 0.3 is 0 Å². The number of carbonyl (C=O) groups excluding carboxylic acids is 1. The number of nitrogens with one attached hydrogen (secondary N) is 2. The molecule has 1 aromatic rings. The van der Waals surface area contributed by atoms with E-state index in [-0.39, 0.29) is 29.5 Å². The minimum atomic E-state index is -3.84. The number of nitrogens with zero attached hydrogens (tertiary/aromatic N) is 2. The Balaban J connectivity index is 2.58. The predicted octanol–water partition coefficient (Wildman–Crippen LogP) is 0.394. The third-order valence-corrected chi connectivity index (χ3v) is 4.01. The van der Waals surface area contributed by atoms with Crippen LogP contribution in [0.5, 0.6) is 0 Å². The van der Waals surface area contributed by atoms with Gasteiger partial charge in [0.05, 0.1) is 0 Å². The molecule has 7 nitrogen and oxygen atoms in total. The summed E-state index contributed by atoms with van der Waals surface area (Å²) in [4.78, 5) is 15.0. The zero-order valence-electron chi connectivity index (χ0n) is 12.0. The van der Waals surface area contributed by atoms with E-state index < -0.39 is 10.0 Å². The van der Waals surface area contributed by atoms with Crippen molar-refractivity contribution in [3.8, 4) is 6.07 Å². The Morgan fingerprint density at radius 2 is 2.19 bits per heavy atom. The van der Waals surface area contributed by atoms with E-state index >= 15 is 0 Å². The molecule has 0 bridgehead atoms. The molecule has 0 unspecified atom stereocenters. The highest BCUT2D eigenvalue weighted by Crippen LogP contribution is 2.11. The highest BCUT2D eigenvalue weighted by Gasteiger charge is 2.19. The summed E-state index contributed by atoms with van der Waals surface area (Å²) in [5, 5.41) is 11.5. The van der Waals surface area contributed by atoms with E-state index in [1.807, 2.05) is 13.8 Å². The second-order valence-corrected chi connectivity index (χ2v) is 6.54. The molecule has 1 amide bonds. The van der Waals surface area contributed by atoms with Crippen molar-refractivity contribution in [2.45, 2.75) is 25.2 Å². The number of carbonyl (C=O) groups is 1. The summed E-state index contributed by atoms with van der Waals surface area (Å²) < 4.78 is 26.3. The number of pyridine rings is 1. The second-order valence-electron chi connectivity index (χ2n) is 4.81. The third kappa shape index (κ3) is 5.49. The number of rotatable bonds is 7. The van der Waals surface area contributed by atoms with Gasteiger partial charge in [0.25, 0.3) is 0 Å². The first kappa shape index (κ1) is 17.1. The van der Waals surface area contributed by atoms with Crippen LogP contribution in [0.4, 0.5) is 0 Å². The summed E-state index contributed by atoms with van der Waals surface area (Å²) in [7, 11) is -3.84. The summed E-state index contributed by atoms with van der Waals surface area (Å²) in [6.45, 7) is 4.45. The largest absolute Gasteiger partial charge is 0.356 e. The molecule has 21 heavy (non-hydrogen) atoms. The maximum Gasteiger partial charge on any atom is 0.243 e. The fraction of sp³-hybridized carbons (Fsp3) is 0.462. The highest BCUT2D eigenvalue weighted by atomic mass is 32.2. The molecule has 0 radical (unpaired) electrons. The third-order valence-electron chi connectivity index (χ3n) is 2.52. The van der Waals surface area contributed by atoms with Crippen LogP contribution in [0.2, 0.25) is 0 Å². The standard InChI is InChI=1S/C13H18N4O3S/c1-10(2)9-16-13(18)5-7-17-21(19,20)12-4-3-6-15-11(12)8-14/h3-4,6,10,17H,5,7,9H2,1-2H3,(H,16,18). The Hall–Kier alpha value is -1.98. The van der Waals surface area contributed by atoms with Crippen molar-refractivity contribution in [1.29, 1.82) is 5.26 Å². The van der Waals surface area contributed by atoms with Crippen molar-refractivity contribution in [1.82, 2.24) is 15.0 Å². The molecule has 1 aromatic heterocycles. The highest BCUT2D eigenvalue weighted by molar-refractivity contribution is 7.89. The number of amides is 1. The minimum Gasteiger partial charge on any atom is -0.356 e. The van der Waals surface area contributed by atoms with E-state index in [1.165, 1.54) is 18.3 Å². The molecule has 1 heterocycles. The SMILES string of the molecule is CC(C)CNC(=O)CCNS(=O)(=O)c1cccnc1C#N. The minimum absolute atomic E-state index is 0.0357. The monoisotopic (exact) mass is 310 g/mol. The van der Waals surface area contributed by atoms with Gasteiger partial charge in [-0.1, -0.05) is 13.8 Å². The van der Waals surface area contributed by atoms with E-state index in [1.54, 1.807) is 6.07 Å². The molecular weight excluding hydrogens is 292 g/mol. The van der Waals surface area contributed by atoms with Gasteiger partial charge < -0.3 is 5.32 Å². The zero-order valence-corrected chi connectivity index (χ0v) is 12.8.